The standard InChI is InChI=1S/C10H13ClN2OS/c1-10(2,3)15(14)13-7-8-6-12-5-4-9(8)11/h4-7H,1-3H3/b13-7+/t15-/m1/s1. The number of hydrogen-bond acceptors (Lipinski definition) is 2. The molecule has 0 unspecified atom stereocenters. The SMILES string of the molecule is CC(C)(C)[S@@](=O)/N=C/c1cnccc1Cl. The van der Waals surface area contributed by atoms with Crippen molar-refractivity contribution in [3.8, 4) is 0 Å². The molecule has 0 amide bonds. The Hall–Kier alpha value is -0.740. The molecule has 0 saturated heterocycles. The predicted molar refractivity (Wildman–Crippen MR) is 64.7 cm³/mol. The summed E-state index contributed by atoms with van der Waals surface area (Å²) in [6, 6.07) is 1.67. The normalized spacial score (nSPS) is 14.4. The third kappa shape index (κ3) is 3.72. The average Bonchev–Trinajstić information content (AvgIpc) is 2.14. The van der Waals surface area contributed by atoms with Crippen LogP contribution in [0.15, 0.2) is 22.9 Å². The topological polar surface area (TPSA) is 42.3 Å². The maximum Gasteiger partial charge on any atom is 0.144 e. The van der Waals surface area contributed by atoms with Crippen molar-refractivity contribution in [1.82, 2.24) is 4.98 Å². The monoisotopic (exact) mass is 244 g/mol. The molecule has 0 aliphatic rings. The van der Waals surface area contributed by atoms with Gasteiger partial charge in [-0.1, -0.05) is 11.6 Å². The Labute approximate surface area is 97.2 Å². The molecule has 15 heavy (non-hydrogen) atoms. The lowest BCUT2D eigenvalue weighted by molar-refractivity contribution is 0.651. The third-order valence-electron chi connectivity index (χ3n) is 1.61. The fraction of sp³-hybridized carbons (Fsp3) is 0.400. The van der Waals surface area contributed by atoms with Crippen LogP contribution in [0.1, 0.15) is 26.3 Å². The van der Waals surface area contributed by atoms with Crippen molar-refractivity contribution in [3.63, 3.8) is 0 Å². The Morgan fingerprint density at radius 3 is 2.73 bits per heavy atom. The quantitative estimate of drug-likeness (QED) is 0.751. The first-order chi connectivity index (χ1) is 6.91. The molecule has 3 nitrogen and oxygen atoms in total. The molecule has 1 aromatic heterocycles. The molecule has 1 rings (SSSR count). The molecule has 0 fully saturated rings. The molecule has 5 heteroatoms. The van der Waals surface area contributed by atoms with E-state index in [1.54, 1.807) is 18.5 Å². The van der Waals surface area contributed by atoms with Crippen molar-refractivity contribution < 1.29 is 4.21 Å². The highest BCUT2D eigenvalue weighted by atomic mass is 35.5. The minimum absolute atomic E-state index is 0.356. The van der Waals surface area contributed by atoms with Gasteiger partial charge in [-0.05, 0) is 26.8 Å². The van der Waals surface area contributed by atoms with Crippen LogP contribution in [0.2, 0.25) is 5.02 Å². The van der Waals surface area contributed by atoms with Gasteiger partial charge in [0, 0.05) is 24.2 Å². The molecular formula is C10H13ClN2OS. The molecule has 0 spiro atoms. The van der Waals surface area contributed by atoms with Crippen LogP contribution >= 0.6 is 11.6 Å². The zero-order chi connectivity index (χ0) is 11.5. The van der Waals surface area contributed by atoms with Crippen LogP contribution in [0.3, 0.4) is 0 Å². The summed E-state index contributed by atoms with van der Waals surface area (Å²) in [6.45, 7) is 5.60. The van der Waals surface area contributed by atoms with Crippen molar-refractivity contribution in [2.75, 3.05) is 0 Å². The van der Waals surface area contributed by atoms with Gasteiger partial charge in [0.2, 0.25) is 0 Å². The molecule has 0 aromatic carbocycles. The summed E-state index contributed by atoms with van der Waals surface area (Å²) in [5, 5.41) is 0.555. The fourth-order valence-corrected chi connectivity index (χ4v) is 1.43. The summed E-state index contributed by atoms with van der Waals surface area (Å²) in [5.41, 5.74) is 0.678. The summed E-state index contributed by atoms with van der Waals surface area (Å²) < 4.78 is 15.2. The molecule has 0 N–H and O–H groups in total. The number of pyridine rings is 1. The van der Waals surface area contributed by atoms with Crippen LogP contribution in [0.4, 0.5) is 0 Å². The number of nitrogens with zero attached hydrogens (tertiary/aromatic N) is 2. The van der Waals surface area contributed by atoms with Crippen LogP contribution in [0.5, 0.6) is 0 Å². The summed E-state index contributed by atoms with van der Waals surface area (Å²) in [7, 11) is -1.26. The molecule has 0 aliphatic heterocycles. The van der Waals surface area contributed by atoms with Crippen LogP contribution < -0.4 is 0 Å². The number of halogens is 1. The van der Waals surface area contributed by atoms with Crippen LogP contribution in [0, 0.1) is 0 Å². The molecule has 0 bridgehead atoms. The number of hydrogen-bond donors (Lipinski definition) is 0. The lowest BCUT2D eigenvalue weighted by Crippen LogP contribution is -2.19. The fourth-order valence-electron chi connectivity index (χ4n) is 0.747. The van der Waals surface area contributed by atoms with Crippen LogP contribution in [0.25, 0.3) is 0 Å². The van der Waals surface area contributed by atoms with E-state index in [1.165, 1.54) is 6.21 Å². The van der Waals surface area contributed by atoms with E-state index in [1.807, 2.05) is 20.8 Å². The molecule has 82 valence electrons. The van der Waals surface area contributed by atoms with Gasteiger partial charge in [-0.25, -0.2) is 4.21 Å². The minimum Gasteiger partial charge on any atom is -0.264 e. The molecule has 0 aliphatic carbocycles. The largest absolute Gasteiger partial charge is 0.264 e. The molecule has 0 radical (unpaired) electrons. The van der Waals surface area contributed by atoms with E-state index in [0.717, 1.165) is 0 Å². The second kappa shape index (κ2) is 4.86. The van der Waals surface area contributed by atoms with Gasteiger partial charge < -0.3 is 0 Å². The van der Waals surface area contributed by atoms with Crippen molar-refractivity contribution in [3.05, 3.63) is 29.0 Å². The Morgan fingerprint density at radius 2 is 2.20 bits per heavy atom. The van der Waals surface area contributed by atoms with Crippen LogP contribution in [-0.4, -0.2) is 20.2 Å². The Morgan fingerprint density at radius 1 is 1.53 bits per heavy atom. The summed E-state index contributed by atoms with van der Waals surface area (Å²) in [4.78, 5) is 3.91. The third-order valence-corrected chi connectivity index (χ3v) is 3.30. The molecule has 1 aromatic rings. The molecule has 0 saturated carbocycles. The summed E-state index contributed by atoms with van der Waals surface area (Å²) in [6.07, 6.45) is 4.68. The highest BCUT2D eigenvalue weighted by Crippen LogP contribution is 2.14. The predicted octanol–water partition coefficient (Wildman–Crippen LogP) is 2.62. The summed E-state index contributed by atoms with van der Waals surface area (Å²) in [5.74, 6) is 0. The Bertz CT molecular complexity index is 399. The van der Waals surface area contributed by atoms with Gasteiger partial charge in [-0.15, -0.1) is 0 Å². The Balaban J connectivity index is 2.84. The van der Waals surface area contributed by atoms with Gasteiger partial charge >= 0.3 is 0 Å². The number of aromatic nitrogens is 1. The lowest BCUT2D eigenvalue weighted by atomic mass is 10.3. The van der Waals surface area contributed by atoms with E-state index in [9.17, 15) is 4.21 Å². The summed E-state index contributed by atoms with van der Waals surface area (Å²) >= 11 is 5.89. The van der Waals surface area contributed by atoms with E-state index >= 15 is 0 Å². The van der Waals surface area contributed by atoms with Gasteiger partial charge in [-0.2, -0.15) is 4.40 Å². The smallest absolute Gasteiger partial charge is 0.144 e. The van der Waals surface area contributed by atoms with E-state index in [0.29, 0.717) is 10.6 Å². The van der Waals surface area contributed by atoms with Gasteiger partial charge in [0.05, 0.1) is 9.77 Å². The van der Waals surface area contributed by atoms with Crippen molar-refractivity contribution in [1.29, 1.82) is 0 Å². The van der Waals surface area contributed by atoms with Gasteiger partial charge in [-0.3, -0.25) is 4.98 Å². The van der Waals surface area contributed by atoms with Crippen molar-refractivity contribution in [2.45, 2.75) is 25.5 Å². The zero-order valence-corrected chi connectivity index (χ0v) is 10.5. The van der Waals surface area contributed by atoms with Crippen molar-refractivity contribution >= 4 is 28.8 Å². The van der Waals surface area contributed by atoms with Gasteiger partial charge in [0.25, 0.3) is 0 Å². The zero-order valence-electron chi connectivity index (χ0n) is 8.90. The first-order valence-corrected chi connectivity index (χ1v) is 5.95. The van der Waals surface area contributed by atoms with E-state index < -0.39 is 11.0 Å². The second-order valence-corrected chi connectivity index (χ2v) is 6.33. The molecular weight excluding hydrogens is 232 g/mol. The van der Waals surface area contributed by atoms with E-state index in [4.69, 9.17) is 11.6 Å². The minimum atomic E-state index is -1.26. The second-order valence-electron chi connectivity index (χ2n) is 3.99. The maximum absolute atomic E-state index is 11.6. The maximum atomic E-state index is 11.6. The first-order valence-electron chi connectivity index (χ1n) is 4.47. The van der Waals surface area contributed by atoms with Gasteiger partial charge in [0.15, 0.2) is 0 Å². The molecule has 1 atom stereocenters. The van der Waals surface area contributed by atoms with E-state index in [2.05, 4.69) is 9.38 Å². The lowest BCUT2D eigenvalue weighted by Gasteiger charge is -2.12. The van der Waals surface area contributed by atoms with Gasteiger partial charge in [0.1, 0.15) is 11.0 Å². The first kappa shape index (κ1) is 12.3. The van der Waals surface area contributed by atoms with E-state index in [-0.39, 0.29) is 4.75 Å². The highest BCUT2D eigenvalue weighted by molar-refractivity contribution is 7.85. The number of rotatable bonds is 2. The van der Waals surface area contributed by atoms with Crippen LogP contribution in [-0.2, 0) is 11.0 Å². The van der Waals surface area contributed by atoms with Crippen molar-refractivity contribution in [2.24, 2.45) is 4.40 Å². The Kier molecular flexibility index (Phi) is 3.99. The molecule has 1 heterocycles. The average molecular weight is 245 g/mol. The highest BCUT2D eigenvalue weighted by Gasteiger charge is 2.18.